The molecule has 2 rings (SSSR count). The van der Waals surface area contributed by atoms with Gasteiger partial charge in [0.05, 0.1) is 6.10 Å². The number of nitrogens with one attached hydrogen (secondary N) is 1. The Kier molecular flexibility index (Phi) is 2.57. The van der Waals surface area contributed by atoms with Gasteiger partial charge in [-0.25, -0.2) is 4.98 Å². The summed E-state index contributed by atoms with van der Waals surface area (Å²) < 4.78 is 5.76. The lowest BCUT2D eigenvalue weighted by molar-refractivity contribution is 0.303. The molecular formula is C11H16N2O. The SMILES string of the molecule is CCc1cnc(NC)c(OC2CC2)c1. The van der Waals surface area contributed by atoms with Crippen molar-refractivity contribution in [2.75, 3.05) is 12.4 Å². The van der Waals surface area contributed by atoms with Crippen LogP contribution in [0, 0.1) is 0 Å². The van der Waals surface area contributed by atoms with Crippen molar-refractivity contribution in [3.63, 3.8) is 0 Å². The van der Waals surface area contributed by atoms with Gasteiger partial charge in [-0.1, -0.05) is 6.92 Å². The molecule has 1 heterocycles. The summed E-state index contributed by atoms with van der Waals surface area (Å²) in [6, 6.07) is 2.08. The number of aryl methyl sites for hydroxylation is 1. The fourth-order valence-electron chi connectivity index (χ4n) is 1.32. The van der Waals surface area contributed by atoms with Crippen LogP contribution in [0.2, 0.25) is 0 Å². The van der Waals surface area contributed by atoms with Gasteiger partial charge >= 0.3 is 0 Å². The van der Waals surface area contributed by atoms with E-state index in [-0.39, 0.29) is 0 Å². The van der Waals surface area contributed by atoms with Crippen LogP contribution < -0.4 is 10.1 Å². The number of anilines is 1. The molecule has 3 heteroatoms. The summed E-state index contributed by atoms with van der Waals surface area (Å²) in [4.78, 5) is 4.31. The summed E-state index contributed by atoms with van der Waals surface area (Å²) in [7, 11) is 1.87. The maximum absolute atomic E-state index is 5.76. The average molecular weight is 192 g/mol. The zero-order valence-corrected chi connectivity index (χ0v) is 8.71. The summed E-state index contributed by atoms with van der Waals surface area (Å²) in [6.07, 6.45) is 5.68. The second kappa shape index (κ2) is 3.86. The lowest BCUT2D eigenvalue weighted by Gasteiger charge is -2.10. The van der Waals surface area contributed by atoms with Crippen molar-refractivity contribution in [3.8, 4) is 5.75 Å². The summed E-state index contributed by atoms with van der Waals surface area (Å²) in [5.74, 6) is 1.74. The Bertz CT molecular complexity index is 321. The monoisotopic (exact) mass is 192 g/mol. The smallest absolute Gasteiger partial charge is 0.168 e. The quantitative estimate of drug-likeness (QED) is 0.794. The highest BCUT2D eigenvalue weighted by molar-refractivity contribution is 5.50. The van der Waals surface area contributed by atoms with Crippen LogP contribution in [0.3, 0.4) is 0 Å². The zero-order valence-electron chi connectivity index (χ0n) is 8.71. The Labute approximate surface area is 84.5 Å². The fourth-order valence-corrected chi connectivity index (χ4v) is 1.32. The number of aromatic nitrogens is 1. The van der Waals surface area contributed by atoms with Crippen molar-refractivity contribution in [2.24, 2.45) is 0 Å². The molecule has 1 aromatic heterocycles. The van der Waals surface area contributed by atoms with E-state index in [1.54, 1.807) is 0 Å². The van der Waals surface area contributed by atoms with E-state index in [0.29, 0.717) is 6.10 Å². The van der Waals surface area contributed by atoms with Gasteiger partial charge in [-0.15, -0.1) is 0 Å². The molecule has 76 valence electrons. The Morgan fingerprint density at radius 1 is 1.57 bits per heavy atom. The van der Waals surface area contributed by atoms with Crippen LogP contribution in [0.4, 0.5) is 5.82 Å². The van der Waals surface area contributed by atoms with Crippen LogP contribution in [-0.2, 0) is 6.42 Å². The Morgan fingerprint density at radius 3 is 2.93 bits per heavy atom. The molecule has 1 aliphatic carbocycles. The van der Waals surface area contributed by atoms with Crippen LogP contribution in [0.15, 0.2) is 12.3 Å². The van der Waals surface area contributed by atoms with Gasteiger partial charge in [0.2, 0.25) is 0 Å². The van der Waals surface area contributed by atoms with Crippen molar-refractivity contribution in [1.82, 2.24) is 4.98 Å². The van der Waals surface area contributed by atoms with Crippen molar-refractivity contribution < 1.29 is 4.74 Å². The molecule has 0 aliphatic heterocycles. The molecule has 0 atom stereocenters. The third-order valence-corrected chi connectivity index (χ3v) is 2.37. The van der Waals surface area contributed by atoms with Gasteiger partial charge < -0.3 is 10.1 Å². The molecular weight excluding hydrogens is 176 g/mol. The van der Waals surface area contributed by atoms with Gasteiger partial charge in [0.1, 0.15) is 0 Å². The van der Waals surface area contributed by atoms with E-state index in [1.165, 1.54) is 18.4 Å². The van der Waals surface area contributed by atoms with Crippen LogP contribution in [0.5, 0.6) is 5.75 Å². The second-order valence-electron chi connectivity index (χ2n) is 3.61. The van der Waals surface area contributed by atoms with E-state index in [2.05, 4.69) is 23.3 Å². The van der Waals surface area contributed by atoms with Crippen molar-refractivity contribution in [1.29, 1.82) is 0 Å². The Hall–Kier alpha value is -1.25. The summed E-state index contributed by atoms with van der Waals surface area (Å²) in [5, 5.41) is 3.04. The van der Waals surface area contributed by atoms with Gasteiger partial charge in [0, 0.05) is 13.2 Å². The largest absolute Gasteiger partial charge is 0.487 e. The van der Waals surface area contributed by atoms with Crippen LogP contribution >= 0.6 is 0 Å². The molecule has 0 radical (unpaired) electrons. The van der Waals surface area contributed by atoms with Crippen molar-refractivity contribution in [3.05, 3.63) is 17.8 Å². The average Bonchev–Trinajstić information content (AvgIpc) is 3.01. The number of hydrogen-bond donors (Lipinski definition) is 1. The third kappa shape index (κ3) is 1.97. The van der Waals surface area contributed by atoms with E-state index >= 15 is 0 Å². The maximum Gasteiger partial charge on any atom is 0.168 e. The van der Waals surface area contributed by atoms with Crippen LogP contribution in [0.25, 0.3) is 0 Å². The van der Waals surface area contributed by atoms with Gasteiger partial charge in [0.25, 0.3) is 0 Å². The third-order valence-electron chi connectivity index (χ3n) is 2.37. The molecule has 0 saturated heterocycles. The number of hydrogen-bond acceptors (Lipinski definition) is 3. The molecule has 0 spiro atoms. The normalized spacial score (nSPS) is 15.3. The first-order valence-electron chi connectivity index (χ1n) is 5.16. The van der Waals surface area contributed by atoms with Crippen molar-refractivity contribution >= 4 is 5.82 Å². The summed E-state index contributed by atoms with van der Waals surface area (Å²) in [6.45, 7) is 2.12. The van der Waals surface area contributed by atoms with Crippen molar-refractivity contribution in [2.45, 2.75) is 32.3 Å². The van der Waals surface area contributed by atoms with Gasteiger partial charge in [-0.3, -0.25) is 0 Å². The molecule has 0 bridgehead atoms. The molecule has 0 aromatic carbocycles. The highest BCUT2D eigenvalue weighted by atomic mass is 16.5. The van der Waals surface area contributed by atoms with Crippen LogP contribution in [0.1, 0.15) is 25.3 Å². The minimum atomic E-state index is 0.427. The van der Waals surface area contributed by atoms with E-state index in [0.717, 1.165) is 18.0 Å². The Morgan fingerprint density at radius 2 is 2.36 bits per heavy atom. The maximum atomic E-state index is 5.76. The molecule has 0 amide bonds. The zero-order chi connectivity index (χ0) is 9.97. The standard InChI is InChI=1S/C11H16N2O/c1-3-8-6-10(14-9-4-5-9)11(12-2)13-7-8/h6-7,9H,3-5H2,1-2H3,(H,12,13). The lowest BCUT2D eigenvalue weighted by atomic mass is 10.2. The summed E-state index contributed by atoms with van der Waals surface area (Å²) in [5.41, 5.74) is 1.22. The number of rotatable bonds is 4. The number of ether oxygens (including phenoxy) is 1. The highest BCUT2D eigenvalue weighted by Gasteiger charge is 2.24. The summed E-state index contributed by atoms with van der Waals surface area (Å²) >= 11 is 0. The van der Waals surface area contributed by atoms with E-state index < -0.39 is 0 Å². The predicted octanol–water partition coefficient (Wildman–Crippen LogP) is 2.23. The second-order valence-corrected chi connectivity index (χ2v) is 3.61. The molecule has 1 aromatic rings. The number of nitrogens with zero attached hydrogens (tertiary/aromatic N) is 1. The Balaban J connectivity index is 2.21. The van der Waals surface area contributed by atoms with E-state index in [9.17, 15) is 0 Å². The first kappa shape index (κ1) is 9.31. The first-order chi connectivity index (χ1) is 6.83. The molecule has 0 unspecified atom stereocenters. The predicted molar refractivity (Wildman–Crippen MR) is 56.8 cm³/mol. The number of pyridine rings is 1. The minimum Gasteiger partial charge on any atom is -0.487 e. The molecule has 3 nitrogen and oxygen atoms in total. The van der Waals surface area contributed by atoms with Gasteiger partial charge in [-0.05, 0) is 30.9 Å². The molecule has 1 fully saturated rings. The lowest BCUT2D eigenvalue weighted by Crippen LogP contribution is -2.02. The molecule has 1 aliphatic rings. The minimum absolute atomic E-state index is 0.427. The fraction of sp³-hybridized carbons (Fsp3) is 0.545. The molecule has 1 saturated carbocycles. The van der Waals surface area contributed by atoms with E-state index in [4.69, 9.17) is 4.74 Å². The highest BCUT2D eigenvalue weighted by Crippen LogP contribution is 2.31. The topological polar surface area (TPSA) is 34.2 Å². The van der Waals surface area contributed by atoms with Gasteiger partial charge in [0.15, 0.2) is 11.6 Å². The van der Waals surface area contributed by atoms with Crippen LogP contribution in [-0.4, -0.2) is 18.1 Å². The van der Waals surface area contributed by atoms with Gasteiger partial charge in [-0.2, -0.15) is 0 Å². The first-order valence-corrected chi connectivity index (χ1v) is 5.16. The molecule has 1 N–H and O–H groups in total. The van der Waals surface area contributed by atoms with E-state index in [1.807, 2.05) is 13.2 Å². The molecule has 14 heavy (non-hydrogen) atoms.